The van der Waals surface area contributed by atoms with E-state index >= 15 is 0 Å². The van der Waals surface area contributed by atoms with Crippen molar-refractivity contribution < 1.29 is 0 Å². The van der Waals surface area contributed by atoms with Crippen LogP contribution < -0.4 is 11.1 Å². The van der Waals surface area contributed by atoms with Crippen molar-refractivity contribution in [3.05, 3.63) is 12.4 Å². The Bertz CT molecular complexity index is 335. The molecule has 0 aliphatic heterocycles. The van der Waals surface area contributed by atoms with Crippen molar-refractivity contribution in [2.24, 2.45) is 5.41 Å². The van der Waals surface area contributed by atoms with Crippen LogP contribution >= 0.6 is 0 Å². The fraction of sp³-hybridized carbons (Fsp3) is 0.600. The van der Waals surface area contributed by atoms with Gasteiger partial charge in [-0.05, 0) is 18.3 Å². The molecular weight excluding hydrogens is 176 g/mol. The molecule has 1 aliphatic rings. The van der Waals surface area contributed by atoms with E-state index in [-0.39, 0.29) is 0 Å². The number of anilines is 2. The van der Waals surface area contributed by atoms with E-state index in [0.29, 0.717) is 17.3 Å². The quantitative estimate of drug-likeness (QED) is 0.748. The number of nitrogens with two attached hydrogens (primary N) is 1. The number of nitrogen functional groups attached to an aromatic ring is 1. The Morgan fingerprint density at radius 3 is 2.79 bits per heavy atom. The SMILES string of the molecule is CC1(C)CCC1Nc1cc(N)ncn1. The number of hydrogen-bond donors (Lipinski definition) is 2. The topological polar surface area (TPSA) is 63.8 Å². The molecule has 3 N–H and O–H groups in total. The molecular formula is C10H16N4. The zero-order chi connectivity index (χ0) is 10.2. The third-order valence-electron chi connectivity index (χ3n) is 3.03. The van der Waals surface area contributed by atoms with Crippen LogP contribution in [0.3, 0.4) is 0 Å². The zero-order valence-electron chi connectivity index (χ0n) is 8.62. The lowest BCUT2D eigenvalue weighted by Crippen LogP contribution is -2.45. The molecule has 14 heavy (non-hydrogen) atoms. The molecule has 76 valence electrons. The van der Waals surface area contributed by atoms with Gasteiger partial charge in [-0.2, -0.15) is 0 Å². The molecule has 1 atom stereocenters. The Kier molecular flexibility index (Phi) is 2.06. The summed E-state index contributed by atoms with van der Waals surface area (Å²) in [4.78, 5) is 7.98. The average Bonchev–Trinajstić information content (AvgIpc) is 2.13. The highest BCUT2D eigenvalue weighted by Gasteiger charge is 2.38. The maximum absolute atomic E-state index is 5.57. The minimum atomic E-state index is 0.375. The summed E-state index contributed by atoms with van der Waals surface area (Å²) < 4.78 is 0. The summed E-state index contributed by atoms with van der Waals surface area (Å²) in [5.74, 6) is 1.34. The van der Waals surface area contributed by atoms with Gasteiger partial charge in [0.2, 0.25) is 0 Å². The van der Waals surface area contributed by atoms with E-state index in [1.807, 2.05) is 0 Å². The summed E-state index contributed by atoms with van der Waals surface area (Å²) in [5.41, 5.74) is 5.94. The number of hydrogen-bond acceptors (Lipinski definition) is 4. The van der Waals surface area contributed by atoms with E-state index in [2.05, 4.69) is 29.1 Å². The van der Waals surface area contributed by atoms with Gasteiger partial charge in [0.25, 0.3) is 0 Å². The van der Waals surface area contributed by atoms with Crippen LogP contribution in [0.5, 0.6) is 0 Å². The molecule has 4 heteroatoms. The van der Waals surface area contributed by atoms with Crippen LogP contribution in [0.2, 0.25) is 0 Å². The summed E-state index contributed by atoms with van der Waals surface area (Å²) in [5, 5.41) is 3.38. The van der Waals surface area contributed by atoms with Crippen LogP contribution in [0.4, 0.5) is 11.6 Å². The van der Waals surface area contributed by atoms with Gasteiger partial charge in [0, 0.05) is 12.1 Å². The molecule has 1 aromatic rings. The van der Waals surface area contributed by atoms with Crippen molar-refractivity contribution in [2.45, 2.75) is 32.7 Å². The first-order valence-corrected chi connectivity index (χ1v) is 4.92. The van der Waals surface area contributed by atoms with Crippen molar-refractivity contribution in [1.82, 2.24) is 9.97 Å². The number of nitrogens with one attached hydrogen (secondary N) is 1. The van der Waals surface area contributed by atoms with Gasteiger partial charge in [0.15, 0.2) is 0 Å². The predicted octanol–water partition coefficient (Wildman–Crippen LogP) is 1.66. The maximum atomic E-state index is 5.57. The van der Waals surface area contributed by atoms with Gasteiger partial charge in [-0.15, -0.1) is 0 Å². The lowest BCUT2D eigenvalue weighted by molar-refractivity contribution is 0.159. The van der Waals surface area contributed by atoms with Crippen LogP contribution in [-0.4, -0.2) is 16.0 Å². The van der Waals surface area contributed by atoms with Crippen molar-refractivity contribution in [1.29, 1.82) is 0 Å². The standard InChI is InChI=1S/C10H16N4/c1-10(2)4-3-7(10)14-9-5-8(11)12-6-13-9/h5-7H,3-4H2,1-2H3,(H3,11,12,13,14). The third-order valence-corrected chi connectivity index (χ3v) is 3.03. The molecule has 0 aromatic carbocycles. The zero-order valence-corrected chi connectivity index (χ0v) is 8.62. The number of nitrogens with zero attached hydrogens (tertiary/aromatic N) is 2. The molecule has 1 aliphatic carbocycles. The van der Waals surface area contributed by atoms with E-state index in [1.54, 1.807) is 6.07 Å². The van der Waals surface area contributed by atoms with Gasteiger partial charge < -0.3 is 11.1 Å². The van der Waals surface area contributed by atoms with Gasteiger partial charge in [-0.25, -0.2) is 9.97 Å². The molecule has 0 spiro atoms. The Morgan fingerprint density at radius 1 is 1.50 bits per heavy atom. The van der Waals surface area contributed by atoms with Gasteiger partial charge >= 0.3 is 0 Å². The highest BCUT2D eigenvalue weighted by molar-refractivity contribution is 5.44. The average molecular weight is 192 g/mol. The fourth-order valence-electron chi connectivity index (χ4n) is 1.76. The first-order chi connectivity index (χ1) is 6.58. The lowest BCUT2D eigenvalue weighted by atomic mass is 9.67. The van der Waals surface area contributed by atoms with Gasteiger partial charge in [0.1, 0.15) is 18.0 Å². The summed E-state index contributed by atoms with van der Waals surface area (Å²) >= 11 is 0. The summed E-state index contributed by atoms with van der Waals surface area (Å²) in [6.07, 6.45) is 3.96. The van der Waals surface area contributed by atoms with Gasteiger partial charge in [-0.1, -0.05) is 13.8 Å². The lowest BCUT2D eigenvalue weighted by Gasteiger charge is -2.45. The van der Waals surface area contributed by atoms with Crippen molar-refractivity contribution in [2.75, 3.05) is 11.1 Å². The van der Waals surface area contributed by atoms with E-state index < -0.39 is 0 Å². The molecule has 4 nitrogen and oxygen atoms in total. The summed E-state index contributed by atoms with van der Waals surface area (Å²) in [6, 6.07) is 2.28. The molecule has 0 saturated heterocycles. The molecule has 2 rings (SSSR count). The van der Waals surface area contributed by atoms with Crippen LogP contribution in [0.25, 0.3) is 0 Å². The van der Waals surface area contributed by atoms with Crippen LogP contribution in [0.15, 0.2) is 12.4 Å². The van der Waals surface area contributed by atoms with E-state index in [0.717, 1.165) is 5.82 Å². The molecule has 0 radical (unpaired) electrons. The molecule has 1 fully saturated rings. The monoisotopic (exact) mass is 192 g/mol. The minimum Gasteiger partial charge on any atom is -0.384 e. The van der Waals surface area contributed by atoms with Crippen LogP contribution in [0, 0.1) is 5.41 Å². The summed E-state index contributed by atoms with van der Waals surface area (Å²) in [7, 11) is 0. The van der Waals surface area contributed by atoms with Crippen LogP contribution in [0.1, 0.15) is 26.7 Å². The second-order valence-corrected chi connectivity index (χ2v) is 4.55. The molecule has 1 unspecified atom stereocenters. The molecule has 0 amide bonds. The smallest absolute Gasteiger partial charge is 0.131 e. The van der Waals surface area contributed by atoms with Crippen molar-refractivity contribution in [3.8, 4) is 0 Å². The van der Waals surface area contributed by atoms with E-state index in [4.69, 9.17) is 5.73 Å². The maximum Gasteiger partial charge on any atom is 0.131 e. The highest BCUT2D eigenvalue weighted by Crippen LogP contribution is 2.41. The minimum absolute atomic E-state index is 0.375. The van der Waals surface area contributed by atoms with Gasteiger partial charge in [-0.3, -0.25) is 0 Å². The summed E-state index contributed by atoms with van der Waals surface area (Å²) in [6.45, 7) is 4.53. The highest BCUT2D eigenvalue weighted by atomic mass is 15.1. The Hall–Kier alpha value is -1.32. The van der Waals surface area contributed by atoms with Crippen LogP contribution in [-0.2, 0) is 0 Å². The molecule has 0 bridgehead atoms. The first-order valence-electron chi connectivity index (χ1n) is 4.92. The fourth-order valence-corrected chi connectivity index (χ4v) is 1.76. The molecule has 1 aromatic heterocycles. The second-order valence-electron chi connectivity index (χ2n) is 4.55. The second kappa shape index (κ2) is 3.12. The predicted molar refractivity (Wildman–Crippen MR) is 56.9 cm³/mol. The normalized spacial score (nSPS) is 24.0. The Balaban J connectivity index is 2.05. The number of rotatable bonds is 2. The van der Waals surface area contributed by atoms with Crippen molar-refractivity contribution >= 4 is 11.6 Å². The Labute approximate surface area is 83.9 Å². The van der Waals surface area contributed by atoms with Crippen molar-refractivity contribution in [3.63, 3.8) is 0 Å². The van der Waals surface area contributed by atoms with Gasteiger partial charge in [0.05, 0.1) is 0 Å². The largest absolute Gasteiger partial charge is 0.384 e. The molecule has 1 heterocycles. The first kappa shape index (κ1) is 9.24. The van der Waals surface area contributed by atoms with E-state index in [1.165, 1.54) is 19.2 Å². The number of aromatic nitrogens is 2. The molecule has 1 saturated carbocycles. The van der Waals surface area contributed by atoms with E-state index in [9.17, 15) is 0 Å². The Morgan fingerprint density at radius 2 is 2.29 bits per heavy atom. The third kappa shape index (κ3) is 1.64.